The molecule has 4 N–H and O–H groups in total. The lowest BCUT2D eigenvalue weighted by molar-refractivity contribution is 0.929. The Morgan fingerprint density at radius 1 is 1.17 bits per heavy atom. The minimum absolute atomic E-state index is 0.191. The van der Waals surface area contributed by atoms with Gasteiger partial charge in [-0.25, -0.2) is 0 Å². The summed E-state index contributed by atoms with van der Waals surface area (Å²) in [6, 6.07) is 18.0. The van der Waals surface area contributed by atoms with Gasteiger partial charge in [0.05, 0.1) is 5.71 Å². The maximum atomic E-state index is 8.71. The summed E-state index contributed by atoms with van der Waals surface area (Å²) in [4.78, 5) is 4.22. The Balaban J connectivity index is 2.07. The highest BCUT2D eigenvalue weighted by Gasteiger charge is 2.14. The van der Waals surface area contributed by atoms with Crippen LogP contribution in [-0.2, 0) is 0 Å². The van der Waals surface area contributed by atoms with Crippen LogP contribution in [0.25, 0.3) is 6.08 Å². The Morgan fingerprint density at radius 2 is 1.90 bits per heavy atom. The van der Waals surface area contributed by atoms with E-state index in [1.54, 1.807) is 6.20 Å². The number of hydrogen-bond acceptors (Lipinski definition) is 4. The number of benzene rings is 2. The molecule has 0 fully saturated rings. The summed E-state index contributed by atoms with van der Waals surface area (Å²) >= 11 is 0. The van der Waals surface area contributed by atoms with Gasteiger partial charge in [-0.1, -0.05) is 49.9 Å². The lowest BCUT2D eigenvalue weighted by Gasteiger charge is -2.17. The number of aromatic nitrogens is 1. The van der Waals surface area contributed by atoms with Crippen LogP contribution in [0.2, 0.25) is 0 Å². The fraction of sp³-hybridized carbons (Fsp3) is 0.154. The van der Waals surface area contributed by atoms with Crippen LogP contribution >= 0.6 is 0 Å². The Morgan fingerprint density at radius 3 is 2.53 bits per heavy atom. The lowest BCUT2D eigenvalue weighted by Crippen LogP contribution is -2.08. The van der Waals surface area contributed by atoms with Crippen molar-refractivity contribution in [2.75, 3.05) is 18.1 Å². The van der Waals surface area contributed by atoms with Gasteiger partial charge >= 0.3 is 0 Å². The minimum atomic E-state index is 0.191. The number of rotatable bonds is 7. The van der Waals surface area contributed by atoms with E-state index in [-0.39, 0.29) is 5.92 Å². The zero-order valence-corrected chi connectivity index (χ0v) is 17.7. The van der Waals surface area contributed by atoms with Crippen molar-refractivity contribution in [3.05, 3.63) is 107 Å². The molecule has 1 atom stereocenters. The van der Waals surface area contributed by atoms with Crippen molar-refractivity contribution in [1.82, 2.24) is 4.98 Å². The van der Waals surface area contributed by atoms with Crippen LogP contribution in [0.1, 0.15) is 40.8 Å². The van der Waals surface area contributed by atoms with Crippen LogP contribution in [-0.4, -0.2) is 17.7 Å². The molecule has 0 spiro atoms. The average molecular weight is 397 g/mol. The second-order valence-corrected chi connectivity index (χ2v) is 7.32. The van der Waals surface area contributed by atoms with Crippen LogP contribution in [0.15, 0.2) is 79.0 Å². The number of anilines is 2. The van der Waals surface area contributed by atoms with E-state index in [4.69, 9.17) is 11.1 Å². The molecule has 0 bridgehead atoms. The van der Waals surface area contributed by atoms with Gasteiger partial charge in [0.15, 0.2) is 0 Å². The maximum Gasteiger partial charge on any atom is 0.0706 e. The molecule has 0 aliphatic heterocycles. The van der Waals surface area contributed by atoms with Gasteiger partial charge in [-0.3, -0.25) is 10.4 Å². The van der Waals surface area contributed by atoms with Gasteiger partial charge in [-0.2, -0.15) is 0 Å². The predicted octanol–water partition coefficient (Wildman–Crippen LogP) is 5.80. The molecule has 0 aliphatic rings. The van der Waals surface area contributed by atoms with Crippen LogP contribution in [0.5, 0.6) is 0 Å². The van der Waals surface area contributed by atoms with Gasteiger partial charge in [-0.15, -0.1) is 0 Å². The number of nitrogen functional groups attached to an aromatic ring is 1. The topological polar surface area (TPSA) is 74.8 Å². The summed E-state index contributed by atoms with van der Waals surface area (Å²) in [5.74, 6) is 0.191. The zero-order chi connectivity index (χ0) is 21.7. The van der Waals surface area contributed by atoms with Gasteiger partial charge in [0.1, 0.15) is 0 Å². The van der Waals surface area contributed by atoms with Crippen molar-refractivity contribution < 1.29 is 0 Å². The molecule has 0 amide bonds. The number of pyridine rings is 1. The fourth-order valence-electron chi connectivity index (χ4n) is 3.52. The van der Waals surface area contributed by atoms with Crippen molar-refractivity contribution in [2.45, 2.75) is 19.8 Å². The van der Waals surface area contributed by atoms with E-state index < -0.39 is 0 Å². The molecule has 0 radical (unpaired) electrons. The van der Waals surface area contributed by atoms with Crippen LogP contribution in [0, 0.1) is 12.3 Å². The first kappa shape index (κ1) is 21.1. The molecular formula is C26H28N4. The summed E-state index contributed by atoms with van der Waals surface area (Å²) in [7, 11) is 1.87. The smallest absolute Gasteiger partial charge is 0.0706 e. The number of nitrogens with two attached hydrogens (primary N) is 1. The second kappa shape index (κ2) is 9.23. The number of nitrogens with zero attached hydrogens (tertiary/aromatic N) is 1. The van der Waals surface area contributed by atoms with E-state index in [1.165, 1.54) is 5.56 Å². The normalized spacial score (nSPS) is 12.3. The number of nitrogens with one attached hydrogen (secondary N) is 2. The molecule has 0 saturated carbocycles. The summed E-state index contributed by atoms with van der Waals surface area (Å²) in [5.41, 5.74) is 13.8. The van der Waals surface area contributed by atoms with Crippen LogP contribution in [0.3, 0.4) is 0 Å². The van der Waals surface area contributed by atoms with Crippen molar-refractivity contribution in [3.63, 3.8) is 0 Å². The summed E-state index contributed by atoms with van der Waals surface area (Å²) in [6.07, 6.45) is 5.73. The molecule has 1 aromatic heterocycles. The highest BCUT2D eigenvalue weighted by Crippen LogP contribution is 2.31. The molecular weight excluding hydrogens is 368 g/mol. The monoisotopic (exact) mass is 396 g/mol. The largest absolute Gasteiger partial charge is 0.398 e. The predicted molar refractivity (Wildman–Crippen MR) is 128 cm³/mol. The number of hydrogen-bond donors (Lipinski definition) is 3. The van der Waals surface area contributed by atoms with Gasteiger partial charge in [0.2, 0.25) is 0 Å². The summed E-state index contributed by atoms with van der Waals surface area (Å²) in [5, 5.41) is 11.9. The molecule has 3 aromatic rings. The summed E-state index contributed by atoms with van der Waals surface area (Å²) in [6.45, 7) is 8.11. The molecule has 3 rings (SSSR count). The number of aryl methyl sites for hydroxylation is 1. The van der Waals surface area contributed by atoms with Crippen molar-refractivity contribution >= 4 is 23.2 Å². The average Bonchev–Trinajstić information content (AvgIpc) is 2.77. The fourth-order valence-corrected chi connectivity index (χ4v) is 3.52. The van der Waals surface area contributed by atoms with Crippen molar-refractivity contribution in [3.8, 4) is 0 Å². The SMILES string of the molecule is C=C/C(=C\c1cc(C(=N)c2ccnc(C)c2)c(N)cc1NC)C(C)c1ccccc1. The van der Waals surface area contributed by atoms with E-state index in [0.29, 0.717) is 17.0 Å². The first-order valence-electron chi connectivity index (χ1n) is 9.96. The third-order valence-electron chi connectivity index (χ3n) is 5.30. The van der Waals surface area contributed by atoms with E-state index >= 15 is 0 Å². The second-order valence-electron chi connectivity index (χ2n) is 7.32. The van der Waals surface area contributed by atoms with Gasteiger partial charge < -0.3 is 11.1 Å². The lowest BCUT2D eigenvalue weighted by atomic mass is 9.90. The molecule has 152 valence electrons. The Hall–Kier alpha value is -3.66. The third kappa shape index (κ3) is 4.49. The molecule has 0 aliphatic carbocycles. The van der Waals surface area contributed by atoms with Gasteiger partial charge in [0, 0.05) is 47.4 Å². The van der Waals surface area contributed by atoms with E-state index in [9.17, 15) is 0 Å². The number of allylic oxidation sites excluding steroid dienone is 2. The molecule has 0 saturated heterocycles. The van der Waals surface area contributed by atoms with Crippen molar-refractivity contribution in [1.29, 1.82) is 5.41 Å². The first-order chi connectivity index (χ1) is 14.4. The van der Waals surface area contributed by atoms with Crippen molar-refractivity contribution in [2.24, 2.45) is 0 Å². The molecule has 1 unspecified atom stereocenters. The minimum Gasteiger partial charge on any atom is -0.398 e. The maximum absolute atomic E-state index is 8.71. The quantitative estimate of drug-likeness (QED) is 0.268. The van der Waals surface area contributed by atoms with Crippen LogP contribution in [0.4, 0.5) is 11.4 Å². The van der Waals surface area contributed by atoms with E-state index in [0.717, 1.165) is 28.1 Å². The first-order valence-corrected chi connectivity index (χ1v) is 9.96. The Labute approximate surface area is 178 Å². The molecule has 30 heavy (non-hydrogen) atoms. The highest BCUT2D eigenvalue weighted by atomic mass is 14.8. The van der Waals surface area contributed by atoms with Gasteiger partial charge in [-0.05, 0) is 54.0 Å². The highest BCUT2D eigenvalue weighted by molar-refractivity contribution is 6.14. The molecule has 4 heteroatoms. The summed E-state index contributed by atoms with van der Waals surface area (Å²) < 4.78 is 0. The zero-order valence-electron chi connectivity index (χ0n) is 17.7. The van der Waals surface area contributed by atoms with Gasteiger partial charge in [0.25, 0.3) is 0 Å². The standard InChI is InChI=1S/C26H28N4/c1-5-19(18(3)20-9-7-6-8-10-20)14-22-15-23(24(27)16-25(22)29-4)26(28)21-11-12-30-17(2)13-21/h5-16,18,28-29H,1,27H2,2-4H3/b19-14+,28-26?. The Kier molecular flexibility index (Phi) is 6.48. The van der Waals surface area contributed by atoms with E-state index in [2.05, 4.69) is 42.0 Å². The molecule has 2 aromatic carbocycles. The molecule has 4 nitrogen and oxygen atoms in total. The Bertz CT molecular complexity index is 1100. The van der Waals surface area contributed by atoms with Crippen LogP contribution < -0.4 is 11.1 Å². The molecule has 1 heterocycles. The van der Waals surface area contributed by atoms with E-state index in [1.807, 2.05) is 62.5 Å². The third-order valence-corrected chi connectivity index (χ3v) is 5.30.